The maximum absolute atomic E-state index is 13.0. The summed E-state index contributed by atoms with van der Waals surface area (Å²) in [5, 5.41) is 0. The molecule has 3 heterocycles. The summed E-state index contributed by atoms with van der Waals surface area (Å²) in [6, 6.07) is 4.22. The first-order chi connectivity index (χ1) is 11.8. The van der Waals surface area contributed by atoms with Gasteiger partial charge in [-0.1, -0.05) is 19.3 Å². The van der Waals surface area contributed by atoms with E-state index in [1.54, 1.807) is 18.7 Å². The number of imidazole rings is 1. The van der Waals surface area contributed by atoms with Crippen molar-refractivity contribution in [3.63, 3.8) is 0 Å². The number of pyridine rings is 1. The number of amides is 1. The van der Waals surface area contributed by atoms with E-state index in [1.165, 1.54) is 32.1 Å². The van der Waals surface area contributed by atoms with Crippen molar-refractivity contribution >= 4 is 5.91 Å². The number of carbonyl (C=O) groups excluding carboxylic acids is 1. The van der Waals surface area contributed by atoms with Crippen molar-refractivity contribution in [2.75, 3.05) is 6.54 Å². The standard InChI is InChI=1S/C19H24N4O/c24-19(16-8-9-18(21-13-16)22-12-10-20-14-22)23-11-4-7-17(23)15-5-2-1-3-6-15/h8-10,12-15,17H,1-7,11H2. The second-order valence-electron chi connectivity index (χ2n) is 6.98. The van der Waals surface area contributed by atoms with Gasteiger partial charge in [0.15, 0.2) is 0 Å². The van der Waals surface area contributed by atoms with Gasteiger partial charge < -0.3 is 4.90 Å². The van der Waals surface area contributed by atoms with Crippen LogP contribution in [0.25, 0.3) is 5.82 Å². The maximum Gasteiger partial charge on any atom is 0.255 e. The van der Waals surface area contributed by atoms with Crippen LogP contribution in [0.3, 0.4) is 0 Å². The molecule has 2 aliphatic rings. The van der Waals surface area contributed by atoms with Crippen molar-refractivity contribution in [1.29, 1.82) is 0 Å². The molecule has 5 heteroatoms. The van der Waals surface area contributed by atoms with Gasteiger partial charge in [-0.05, 0) is 43.7 Å². The van der Waals surface area contributed by atoms with E-state index in [0.717, 1.165) is 25.2 Å². The van der Waals surface area contributed by atoms with Gasteiger partial charge >= 0.3 is 0 Å². The summed E-state index contributed by atoms with van der Waals surface area (Å²) in [5.74, 6) is 1.63. The highest BCUT2D eigenvalue weighted by Crippen LogP contribution is 2.34. The summed E-state index contributed by atoms with van der Waals surface area (Å²) in [5.41, 5.74) is 0.696. The Morgan fingerprint density at radius 2 is 1.96 bits per heavy atom. The molecular weight excluding hydrogens is 300 g/mol. The molecule has 2 fully saturated rings. The third kappa shape index (κ3) is 2.95. The van der Waals surface area contributed by atoms with Crippen LogP contribution in [0.2, 0.25) is 0 Å². The molecule has 24 heavy (non-hydrogen) atoms. The number of aromatic nitrogens is 3. The van der Waals surface area contributed by atoms with E-state index >= 15 is 0 Å². The predicted octanol–water partition coefficient (Wildman–Crippen LogP) is 3.45. The normalized spacial score (nSPS) is 22.0. The van der Waals surface area contributed by atoms with Gasteiger partial charge in [0.1, 0.15) is 12.1 Å². The molecule has 1 aliphatic heterocycles. The quantitative estimate of drug-likeness (QED) is 0.869. The molecule has 1 saturated heterocycles. The summed E-state index contributed by atoms with van der Waals surface area (Å²) >= 11 is 0. The molecular formula is C19H24N4O. The lowest BCUT2D eigenvalue weighted by Crippen LogP contribution is -2.40. The van der Waals surface area contributed by atoms with Crippen LogP contribution in [0.4, 0.5) is 0 Å². The Bertz CT molecular complexity index is 674. The van der Waals surface area contributed by atoms with E-state index in [4.69, 9.17) is 0 Å². The molecule has 4 rings (SSSR count). The Kier molecular flexibility index (Phi) is 4.32. The molecule has 2 aromatic heterocycles. The van der Waals surface area contributed by atoms with Crippen LogP contribution in [0.1, 0.15) is 55.3 Å². The SMILES string of the molecule is O=C(c1ccc(-n2ccnc2)nc1)N1CCCC1C1CCCCC1. The van der Waals surface area contributed by atoms with E-state index in [9.17, 15) is 4.79 Å². The monoisotopic (exact) mass is 324 g/mol. The first-order valence-corrected chi connectivity index (χ1v) is 9.08. The summed E-state index contributed by atoms with van der Waals surface area (Å²) < 4.78 is 1.84. The van der Waals surface area contributed by atoms with Crippen molar-refractivity contribution < 1.29 is 4.79 Å². The Hall–Kier alpha value is -2.17. The fourth-order valence-corrected chi connectivity index (χ4v) is 4.28. The Labute approximate surface area is 142 Å². The number of likely N-dealkylation sites (tertiary alicyclic amines) is 1. The zero-order valence-corrected chi connectivity index (χ0v) is 14.0. The molecule has 1 saturated carbocycles. The fourth-order valence-electron chi connectivity index (χ4n) is 4.28. The number of carbonyl (C=O) groups is 1. The smallest absolute Gasteiger partial charge is 0.255 e. The van der Waals surface area contributed by atoms with Gasteiger partial charge in [0, 0.05) is 31.2 Å². The van der Waals surface area contributed by atoms with E-state index in [2.05, 4.69) is 14.9 Å². The topological polar surface area (TPSA) is 51.0 Å². The lowest BCUT2D eigenvalue weighted by atomic mass is 9.83. The minimum absolute atomic E-state index is 0.146. The summed E-state index contributed by atoms with van der Waals surface area (Å²) in [6.07, 6.45) is 15.9. The van der Waals surface area contributed by atoms with E-state index in [1.807, 2.05) is 22.9 Å². The van der Waals surface area contributed by atoms with Crippen LogP contribution < -0.4 is 0 Å². The van der Waals surface area contributed by atoms with Gasteiger partial charge in [0.05, 0.1) is 5.56 Å². The minimum Gasteiger partial charge on any atom is -0.335 e. The Morgan fingerprint density at radius 1 is 1.08 bits per heavy atom. The molecule has 126 valence electrons. The number of nitrogens with zero attached hydrogens (tertiary/aromatic N) is 4. The summed E-state index contributed by atoms with van der Waals surface area (Å²) in [7, 11) is 0. The minimum atomic E-state index is 0.146. The van der Waals surface area contributed by atoms with Crippen molar-refractivity contribution in [3.05, 3.63) is 42.6 Å². The molecule has 1 aliphatic carbocycles. The average molecular weight is 324 g/mol. The van der Waals surface area contributed by atoms with Gasteiger partial charge in [0.2, 0.25) is 0 Å². The van der Waals surface area contributed by atoms with E-state index in [0.29, 0.717) is 17.5 Å². The van der Waals surface area contributed by atoms with Crippen LogP contribution in [0.15, 0.2) is 37.1 Å². The Balaban J connectivity index is 1.50. The number of rotatable bonds is 3. The molecule has 1 atom stereocenters. The number of hydrogen-bond donors (Lipinski definition) is 0. The zero-order valence-electron chi connectivity index (χ0n) is 14.0. The molecule has 0 aromatic carbocycles. The lowest BCUT2D eigenvalue weighted by Gasteiger charge is -2.34. The molecule has 2 aromatic rings. The van der Waals surface area contributed by atoms with Gasteiger partial charge in [-0.2, -0.15) is 0 Å². The summed E-state index contributed by atoms with van der Waals surface area (Å²) in [6.45, 7) is 0.892. The molecule has 5 nitrogen and oxygen atoms in total. The molecule has 0 N–H and O–H groups in total. The molecule has 0 spiro atoms. The van der Waals surface area contributed by atoms with Gasteiger partial charge in [0.25, 0.3) is 5.91 Å². The van der Waals surface area contributed by atoms with Crippen molar-refractivity contribution in [2.45, 2.75) is 51.0 Å². The highest BCUT2D eigenvalue weighted by atomic mass is 16.2. The van der Waals surface area contributed by atoms with E-state index in [-0.39, 0.29) is 5.91 Å². The van der Waals surface area contributed by atoms with Crippen molar-refractivity contribution in [3.8, 4) is 5.82 Å². The maximum atomic E-state index is 13.0. The van der Waals surface area contributed by atoms with Crippen LogP contribution in [-0.4, -0.2) is 37.9 Å². The van der Waals surface area contributed by atoms with Gasteiger partial charge in [-0.15, -0.1) is 0 Å². The Morgan fingerprint density at radius 3 is 2.67 bits per heavy atom. The lowest BCUT2D eigenvalue weighted by molar-refractivity contribution is 0.0661. The second kappa shape index (κ2) is 6.75. The number of hydrogen-bond acceptors (Lipinski definition) is 3. The molecule has 1 amide bonds. The van der Waals surface area contributed by atoms with Crippen LogP contribution in [0.5, 0.6) is 0 Å². The third-order valence-electron chi connectivity index (χ3n) is 5.52. The van der Waals surface area contributed by atoms with Crippen LogP contribution in [0, 0.1) is 5.92 Å². The highest BCUT2D eigenvalue weighted by Gasteiger charge is 2.35. The van der Waals surface area contributed by atoms with E-state index < -0.39 is 0 Å². The molecule has 0 bridgehead atoms. The highest BCUT2D eigenvalue weighted by molar-refractivity contribution is 5.94. The fraction of sp³-hybridized carbons (Fsp3) is 0.526. The third-order valence-corrected chi connectivity index (χ3v) is 5.52. The zero-order chi connectivity index (χ0) is 16.4. The van der Waals surface area contributed by atoms with Crippen LogP contribution in [-0.2, 0) is 0 Å². The van der Waals surface area contributed by atoms with Crippen molar-refractivity contribution in [1.82, 2.24) is 19.4 Å². The second-order valence-corrected chi connectivity index (χ2v) is 6.98. The van der Waals surface area contributed by atoms with Crippen molar-refractivity contribution in [2.24, 2.45) is 5.92 Å². The summed E-state index contributed by atoms with van der Waals surface area (Å²) in [4.78, 5) is 23.5. The first kappa shape index (κ1) is 15.4. The largest absolute Gasteiger partial charge is 0.335 e. The predicted molar refractivity (Wildman–Crippen MR) is 92.0 cm³/mol. The van der Waals surface area contributed by atoms with Gasteiger partial charge in [-0.3, -0.25) is 9.36 Å². The van der Waals surface area contributed by atoms with Gasteiger partial charge in [-0.25, -0.2) is 9.97 Å². The first-order valence-electron chi connectivity index (χ1n) is 9.08. The molecule has 0 radical (unpaired) electrons. The molecule has 1 unspecified atom stereocenters. The average Bonchev–Trinajstić information content (AvgIpc) is 3.34. The van der Waals surface area contributed by atoms with Crippen LogP contribution >= 0.6 is 0 Å².